The van der Waals surface area contributed by atoms with Crippen molar-refractivity contribution >= 4 is 16.8 Å². The number of rotatable bonds is 4. The molecule has 2 N–H and O–H groups in total. The SMILES string of the molecule is CCc1nn(C2CCCCC2)c2cccc(C3(C#N)CCC(C(N)=O)CC3)c12. The van der Waals surface area contributed by atoms with E-state index < -0.39 is 5.41 Å². The molecule has 4 rings (SSSR count). The van der Waals surface area contributed by atoms with Crippen LogP contribution in [0.5, 0.6) is 0 Å². The summed E-state index contributed by atoms with van der Waals surface area (Å²) in [5.41, 5.74) is 8.36. The predicted octanol–water partition coefficient (Wildman–Crippen LogP) is 4.54. The molecule has 0 atom stereocenters. The maximum Gasteiger partial charge on any atom is 0.220 e. The third-order valence-electron chi connectivity index (χ3n) is 7.03. The lowest BCUT2D eigenvalue weighted by molar-refractivity contribution is -0.122. The van der Waals surface area contributed by atoms with Gasteiger partial charge in [0.15, 0.2) is 0 Å². The highest BCUT2D eigenvalue weighted by molar-refractivity contribution is 5.87. The second-order valence-corrected chi connectivity index (χ2v) is 8.61. The van der Waals surface area contributed by atoms with Crippen LogP contribution >= 0.6 is 0 Å². The van der Waals surface area contributed by atoms with Gasteiger partial charge in [-0.1, -0.05) is 38.3 Å². The largest absolute Gasteiger partial charge is 0.369 e. The Bertz CT molecular complexity index is 909. The summed E-state index contributed by atoms with van der Waals surface area (Å²) in [5.74, 6) is -0.333. The summed E-state index contributed by atoms with van der Waals surface area (Å²) in [6.07, 6.45) is 9.85. The summed E-state index contributed by atoms with van der Waals surface area (Å²) in [7, 11) is 0. The van der Waals surface area contributed by atoms with Gasteiger partial charge in [-0.05, 0) is 56.6 Å². The summed E-state index contributed by atoms with van der Waals surface area (Å²) in [5, 5.41) is 16.4. The second-order valence-electron chi connectivity index (χ2n) is 8.61. The molecular weight excluding hydrogens is 348 g/mol. The molecule has 0 aliphatic heterocycles. The van der Waals surface area contributed by atoms with Crippen molar-refractivity contribution in [3.63, 3.8) is 0 Å². The first-order valence-corrected chi connectivity index (χ1v) is 10.8. The fraction of sp³-hybridized carbons (Fsp3) is 0.609. The fourth-order valence-corrected chi connectivity index (χ4v) is 5.35. The summed E-state index contributed by atoms with van der Waals surface area (Å²) >= 11 is 0. The number of hydrogen-bond donors (Lipinski definition) is 1. The van der Waals surface area contributed by atoms with E-state index in [2.05, 4.69) is 35.9 Å². The lowest BCUT2D eigenvalue weighted by Crippen LogP contribution is -2.35. The van der Waals surface area contributed by atoms with Gasteiger partial charge in [-0.25, -0.2) is 0 Å². The van der Waals surface area contributed by atoms with E-state index >= 15 is 0 Å². The van der Waals surface area contributed by atoms with Gasteiger partial charge in [-0.3, -0.25) is 9.48 Å². The number of fused-ring (bicyclic) bond motifs is 1. The highest BCUT2D eigenvalue weighted by Crippen LogP contribution is 2.45. The molecule has 2 aliphatic carbocycles. The zero-order valence-corrected chi connectivity index (χ0v) is 16.8. The van der Waals surface area contributed by atoms with E-state index in [-0.39, 0.29) is 11.8 Å². The molecule has 2 aliphatic rings. The Morgan fingerprint density at radius 3 is 2.57 bits per heavy atom. The standard InChI is InChI=1S/C23H30N4O/c1-2-19-21-18(23(15-24)13-11-16(12-14-23)22(25)28)9-6-10-20(21)27(26-19)17-7-4-3-5-8-17/h6,9-10,16-17H,2-5,7-8,11-14H2,1H3,(H2,25,28). The third-order valence-corrected chi connectivity index (χ3v) is 7.03. The van der Waals surface area contributed by atoms with Crippen LogP contribution in [0, 0.1) is 17.2 Å². The van der Waals surface area contributed by atoms with Gasteiger partial charge < -0.3 is 5.73 Å². The number of primary amides is 1. The molecule has 2 aromatic rings. The lowest BCUT2D eigenvalue weighted by atomic mass is 9.66. The van der Waals surface area contributed by atoms with E-state index in [0.29, 0.717) is 31.7 Å². The van der Waals surface area contributed by atoms with Gasteiger partial charge in [-0.2, -0.15) is 10.4 Å². The number of aryl methyl sites for hydroxylation is 1. The Morgan fingerprint density at radius 2 is 1.96 bits per heavy atom. The summed E-state index contributed by atoms with van der Waals surface area (Å²) in [6, 6.07) is 9.46. The van der Waals surface area contributed by atoms with E-state index in [9.17, 15) is 10.1 Å². The Balaban J connectivity index is 1.80. The molecule has 148 valence electrons. The minimum atomic E-state index is -0.546. The summed E-state index contributed by atoms with van der Waals surface area (Å²) < 4.78 is 2.25. The number of amides is 1. The van der Waals surface area contributed by atoms with E-state index in [0.717, 1.165) is 17.7 Å². The third kappa shape index (κ3) is 3.09. The number of carbonyl (C=O) groups is 1. The second kappa shape index (κ2) is 7.58. The van der Waals surface area contributed by atoms with Crippen LogP contribution in [0.1, 0.15) is 82.0 Å². The van der Waals surface area contributed by atoms with Gasteiger partial charge in [-0.15, -0.1) is 0 Å². The molecule has 1 aromatic heterocycles. The molecule has 2 fully saturated rings. The molecule has 5 heteroatoms. The Morgan fingerprint density at radius 1 is 1.25 bits per heavy atom. The normalized spacial score (nSPS) is 26.2. The Labute approximate surface area is 166 Å². The van der Waals surface area contributed by atoms with Crippen molar-refractivity contribution < 1.29 is 4.79 Å². The van der Waals surface area contributed by atoms with Crippen molar-refractivity contribution in [2.75, 3.05) is 0 Å². The van der Waals surface area contributed by atoms with Crippen LogP contribution in [0.4, 0.5) is 0 Å². The van der Waals surface area contributed by atoms with Crippen LogP contribution in [0.15, 0.2) is 18.2 Å². The first kappa shape index (κ1) is 19.0. The van der Waals surface area contributed by atoms with Gasteiger partial charge in [0.05, 0.1) is 28.7 Å². The van der Waals surface area contributed by atoms with Crippen molar-refractivity contribution in [1.82, 2.24) is 9.78 Å². The minimum absolute atomic E-state index is 0.101. The molecule has 2 saturated carbocycles. The number of nitrogens with zero attached hydrogens (tertiary/aromatic N) is 3. The maximum atomic E-state index is 11.6. The number of benzene rings is 1. The van der Waals surface area contributed by atoms with Crippen LogP contribution in [0.2, 0.25) is 0 Å². The van der Waals surface area contributed by atoms with Gasteiger partial charge in [0.25, 0.3) is 0 Å². The number of aromatic nitrogens is 2. The minimum Gasteiger partial charge on any atom is -0.369 e. The maximum absolute atomic E-state index is 11.6. The zero-order valence-electron chi connectivity index (χ0n) is 16.8. The number of nitrogens with two attached hydrogens (primary N) is 1. The summed E-state index contributed by atoms with van der Waals surface area (Å²) in [6.45, 7) is 2.15. The highest BCUT2D eigenvalue weighted by atomic mass is 16.1. The predicted molar refractivity (Wildman–Crippen MR) is 110 cm³/mol. The first-order chi connectivity index (χ1) is 13.6. The molecular formula is C23H30N4O. The van der Waals surface area contributed by atoms with Crippen molar-refractivity contribution in [3.8, 4) is 6.07 Å². The Kier molecular flexibility index (Phi) is 5.14. The van der Waals surface area contributed by atoms with Crippen LogP contribution in [0.3, 0.4) is 0 Å². The molecule has 28 heavy (non-hydrogen) atoms. The average Bonchev–Trinajstić information content (AvgIpc) is 3.13. The molecule has 5 nitrogen and oxygen atoms in total. The molecule has 1 amide bonds. The van der Waals surface area contributed by atoms with Crippen LogP contribution < -0.4 is 5.73 Å². The van der Waals surface area contributed by atoms with Gasteiger partial charge in [0, 0.05) is 11.3 Å². The smallest absolute Gasteiger partial charge is 0.220 e. The van der Waals surface area contributed by atoms with E-state index in [1.165, 1.54) is 43.0 Å². The Hall–Kier alpha value is -2.35. The molecule has 0 bridgehead atoms. The van der Waals surface area contributed by atoms with E-state index in [1.807, 2.05) is 0 Å². The molecule has 0 unspecified atom stereocenters. The fourth-order valence-electron chi connectivity index (χ4n) is 5.35. The van der Waals surface area contributed by atoms with Crippen LogP contribution in [0.25, 0.3) is 10.9 Å². The van der Waals surface area contributed by atoms with Crippen molar-refractivity contribution in [1.29, 1.82) is 5.26 Å². The van der Waals surface area contributed by atoms with Gasteiger partial charge in [0.2, 0.25) is 5.91 Å². The highest BCUT2D eigenvalue weighted by Gasteiger charge is 2.40. The monoisotopic (exact) mass is 378 g/mol. The topological polar surface area (TPSA) is 84.7 Å². The number of carbonyl (C=O) groups excluding carboxylic acids is 1. The van der Waals surface area contributed by atoms with Gasteiger partial charge in [0.1, 0.15) is 0 Å². The molecule has 0 spiro atoms. The lowest BCUT2D eigenvalue weighted by Gasteiger charge is -2.34. The molecule has 0 saturated heterocycles. The van der Waals surface area contributed by atoms with Crippen molar-refractivity contribution in [2.24, 2.45) is 11.7 Å². The number of hydrogen-bond acceptors (Lipinski definition) is 3. The molecule has 1 aromatic carbocycles. The number of nitriles is 1. The van der Waals surface area contributed by atoms with Crippen LogP contribution in [-0.4, -0.2) is 15.7 Å². The average molecular weight is 379 g/mol. The molecule has 0 radical (unpaired) electrons. The van der Waals surface area contributed by atoms with Gasteiger partial charge >= 0.3 is 0 Å². The quantitative estimate of drug-likeness (QED) is 0.847. The van der Waals surface area contributed by atoms with E-state index in [4.69, 9.17) is 10.8 Å². The van der Waals surface area contributed by atoms with E-state index in [1.54, 1.807) is 0 Å². The first-order valence-electron chi connectivity index (χ1n) is 10.8. The molecule has 1 heterocycles. The zero-order chi connectivity index (χ0) is 19.7. The van der Waals surface area contributed by atoms with Crippen LogP contribution in [-0.2, 0) is 16.6 Å². The summed E-state index contributed by atoms with van der Waals surface area (Å²) in [4.78, 5) is 11.6. The van der Waals surface area contributed by atoms with Crippen molar-refractivity contribution in [2.45, 2.75) is 82.6 Å². The van der Waals surface area contributed by atoms with Crippen molar-refractivity contribution in [3.05, 3.63) is 29.5 Å².